The van der Waals surface area contributed by atoms with Gasteiger partial charge < -0.3 is 15.2 Å². The lowest BCUT2D eigenvalue weighted by molar-refractivity contribution is 0.102. The summed E-state index contributed by atoms with van der Waals surface area (Å²) < 4.78 is 0. The van der Waals surface area contributed by atoms with Gasteiger partial charge in [-0.1, -0.05) is 30.1 Å². The Morgan fingerprint density at radius 3 is 2.49 bits per heavy atom. The van der Waals surface area contributed by atoms with Gasteiger partial charge in [0.15, 0.2) is 0 Å². The number of aromatic nitrogens is 2. The molecule has 2 heterocycles. The van der Waals surface area contributed by atoms with Crippen LogP contribution in [0.3, 0.4) is 0 Å². The van der Waals surface area contributed by atoms with Crippen LogP contribution in [0.2, 0.25) is 10.0 Å². The number of amides is 1. The summed E-state index contributed by atoms with van der Waals surface area (Å²) in [7, 11) is 0. The van der Waals surface area contributed by atoms with Gasteiger partial charge in [0.2, 0.25) is 0 Å². The number of halogens is 2. The van der Waals surface area contributed by atoms with Crippen molar-refractivity contribution in [1.82, 2.24) is 14.9 Å². The van der Waals surface area contributed by atoms with Crippen LogP contribution in [0.5, 0.6) is 0 Å². The number of hydrogen-bond donors (Lipinski definition) is 2. The average molecular weight is 512 g/mol. The average Bonchev–Trinajstić information content (AvgIpc) is 3.56. The van der Waals surface area contributed by atoms with E-state index in [1.165, 1.54) is 12.8 Å². The fourth-order valence-corrected chi connectivity index (χ4v) is 5.60. The smallest absolute Gasteiger partial charge is 0.257 e. The Labute approximate surface area is 216 Å². The van der Waals surface area contributed by atoms with Gasteiger partial charge in [-0.3, -0.25) is 9.69 Å². The van der Waals surface area contributed by atoms with E-state index in [1.807, 2.05) is 24.4 Å². The van der Waals surface area contributed by atoms with Crippen LogP contribution >= 0.6 is 23.2 Å². The van der Waals surface area contributed by atoms with Crippen molar-refractivity contribution in [1.29, 1.82) is 0 Å². The molecule has 2 aliphatic rings. The predicted octanol–water partition coefficient (Wildman–Crippen LogP) is 6.43. The molecule has 1 aromatic heterocycles. The number of hydrogen-bond acceptors (Lipinski definition) is 4. The van der Waals surface area contributed by atoms with Crippen molar-refractivity contribution in [3.8, 4) is 11.4 Å². The van der Waals surface area contributed by atoms with Crippen LogP contribution < -0.4 is 10.2 Å². The van der Waals surface area contributed by atoms with E-state index in [9.17, 15) is 4.79 Å². The van der Waals surface area contributed by atoms with Crippen molar-refractivity contribution < 1.29 is 4.79 Å². The minimum atomic E-state index is -0.259. The Hall–Kier alpha value is -2.54. The maximum absolute atomic E-state index is 13.1. The Balaban J connectivity index is 1.31. The van der Waals surface area contributed by atoms with Gasteiger partial charge in [0.25, 0.3) is 5.91 Å². The summed E-state index contributed by atoms with van der Waals surface area (Å²) in [4.78, 5) is 25.8. The van der Waals surface area contributed by atoms with Crippen LogP contribution in [-0.4, -0.2) is 52.5 Å². The number of aromatic amines is 1. The van der Waals surface area contributed by atoms with E-state index in [0.717, 1.165) is 36.6 Å². The molecule has 2 atom stereocenters. The first-order chi connectivity index (χ1) is 16.8. The molecule has 2 N–H and O–H groups in total. The number of imidazole rings is 1. The second-order valence-electron chi connectivity index (χ2n) is 9.71. The first kappa shape index (κ1) is 24.2. The third-order valence-electron chi connectivity index (χ3n) is 7.12. The summed E-state index contributed by atoms with van der Waals surface area (Å²) in [6, 6.07) is 12.0. The maximum Gasteiger partial charge on any atom is 0.257 e. The molecule has 0 radical (unpaired) electrons. The summed E-state index contributed by atoms with van der Waals surface area (Å²) >= 11 is 13.0. The molecular formula is C27H31Cl2N5O. The molecule has 0 spiro atoms. The summed E-state index contributed by atoms with van der Waals surface area (Å²) in [5, 5.41) is 3.98. The van der Waals surface area contributed by atoms with Gasteiger partial charge in [0.1, 0.15) is 5.82 Å². The normalized spacial score (nSPS) is 20.8. The number of nitrogens with zero attached hydrogens (tertiary/aromatic N) is 3. The van der Waals surface area contributed by atoms with Gasteiger partial charge in [0, 0.05) is 59.9 Å². The van der Waals surface area contributed by atoms with Crippen LogP contribution in [-0.2, 0) is 0 Å². The summed E-state index contributed by atoms with van der Waals surface area (Å²) in [6.45, 7) is 9.63. The van der Waals surface area contributed by atoms with E-state index >= 15 is 0 Å². The summed E-state index contributed by atoms with van der Waals surface area (Å²) in [5.74, 6) is 1.03. The molecule has 35 heavy (non-hydrogen) atoms. The summed E-state index contributed by atoms with van der Waals surface area (Å²) in [5.41, 5.74) is 4.01. The molecule has 1 aliphatic heterocycles. The van der Waals surface area contributed by atoms with Crippen molar-refractivity contribution in [2.24, 2.45) is 0 Å². The molecule has 8 heteroatoms. The highest BCUT2D eigenvalue weighted by atomic mass is 35.5. The molecular weight excluding hydrogens is 481 g/mol. The highest BCUT2D eigenvalue weighted by Crippen LogP contribution is 2.40. The fourth-order valence-electron chi connectivity index (χ4n) is 5.13. The van der Waals surface area contributed by atoms with Crippen LogP contribution in [0.25, 0.3) is 11.4 Å². The van der Waals surface area contributed by atoms with Crippen molar-refractivity contribution >= 4 is 40.5 Å². The van der Waals surface area contributed by atoms with Gasteiger partial charge in [-0.25, -0.2) is 4.98 Å². The molecule has 0 bridgehead atoms. The van der Waals surface area contributed by atoms with Crippen molar-refractivity contribution in [3.05, 3.63) is 63.9 Å². The Morgan fingerprint density at radius 1 is 1.09 bits per heavy atom. The number of H-pyrrole nitrogens is 1. The Morgan fingerprint density at radius 2 is 1.83 bits per heavy atom. The lowest BCUT2D eigenvalue weighted by atomic mass is 10.1. The number of anilines is 2. The number of likely N-dealkylation sites (N-methyl/N-ethyl adjacent to an activating group) is 1. The van der Waals surface area contributed by atoms with Gasteiger partial charge in [-0.05, 0) is 69.6 Å². The topological polar surface area (TPSA) is 64.3 Å². The molecule has 5 rings (SSSR count). The second kappa shape index (κ2) is 9.84. The molecule has 1 saturated carbocycles. The van der Waals surface area contributed by atoms with Crippen LogP contribution in [0.1, 0.15) is 55.6 Å². The number of carbonyl (C=O) groups excluding carboxylic acids is 1. The Kier molecular flexibility index (Phi) is 6.80. The van der Waals surface area contributed by atoms with E-state index in [1.54, 1.807) is 18.2 Å². The van der Waals surface area contributed by atoms with Crippen LogP contribution in [0, 0.1) is 0 Å². The molecule has 6 nitrogen and oxygen atoms in total. The monoisotopic (exact) mass is 511 g/mol. The lowest BCUT2D eigenvalue weighted by Gasteiger charge is -2.45. The number of rotatable bonds is 6. The highest BCUT2D eigenvalue weighted by molar-refractivity contribution is 6.35. The Bertz CT molecular complexity index is 1230. The van der Waals surface area contributed by atoms with Crippen molar-refractivity contribution in [3.63, 3.8) is 0 Å². The van der Waals surface area contributed by atoms with Gasteiger partial charge in [-0.2, -0.15) is 0 Å². The van der Waals surface area contributed by atoms with E-state index in [2.05, 4.69) is 45.9 Å². The third-order valence-corrected chi connectivity index (χ3v) is 7.76. The number of piperazine rings is 1. The molecule has 0 unspecified atom stereocenters. The van der Waals surface area contributed by atoms with E-state index < -0.39 is 0 Å². The molecule has 1 amide bonds. The predicted molar refractivity (Wildman–Crippen MR) is 144 cm³/mol. The molecule has 2 aromatic carbocycles. The molecule has 1 aliphatic carbocycles. The summed E-state index contributed by atoms with van der Waals surface area (Å²) in [6.07, 6.45) is 4.26. The molecule has 2 fully saturated rings. The van der Waals surface area contributed by atoms with Crippen molar-refractivity contribution in [2.75, 3.05) is 29.9 Å². The molecule has 184 valence electrons. The molecule has 1 saturated heterocycles. The SMILES string of the molecule is CCN1[C@H](C)CN(c2ccc(C(=O)Nc3ccc(Cl)c(-c4ncc(C5CC5)[nH]4)c3)c(Cl)c2)C[C@@H]1C. The van der Waals surface area contributed by atoms with E-state index in [0.29, 0.717) is 45.1 Å². The zero-order valence-electron chi connectivity index (χ0n) is 20.3. The van der Waals surface area contributed by atoms with E-state index in [4.69, 9.17) is 23.2 Å². The second-order valence-corrected chi connectivity index (χ2v) is 10.5. The van der Waals surface area contributed by atoms with Gasteiger partial charge in [-0.15, -0.1) is 0 Å². The standard InChI is InChI=1S/C27H31Cl2N5O/c1-4-34-16(2)14-33(15-17(34)3)20-8-9-21(24(29)12-20)27(35)31-19-7-10-23(28)22(11-19)26-30-13-25(32-26)18-5-6-18/h7-13,16-18H,4-6,14-15H2,1-3H3,(H,30,32)(H,31,35)/t16-,17+. The lowest BCUT2D eigenvalue weighted by Crippen LogP contribution is -2.56. The minimum Gasteiger partial charge on any atom is -0.368 e. The first-order valence-electron chi connectivity index (χ1n) is 12.3. The van der Waals surface area contributed by atoms with E-state index in [-0.39, 0.29) is 5.91 Å². The van der Waals surface area contributed by atoms with Crippen LogP contribution in [0.4, 0.5) is 11.4 Å². The zero-order chi connectivity index (χ0) is 24.7. The highest BCUT2D eigenvalue weighted by Gasteiger charge is 2.29. The van der Waals surface area contributed by atoms with Crippen molar-refractivity contribution in [2.45, 2.75) is 51.6 Å². The first-order valence-corrected chi connectivity index (χ1v) is 13.1. The number of carbonyl (C=O) groups is 1. The third kappa shape index (κ3) is 5.06. The number of nitrogens with one attached hydrogen (secondary N) is 2. The quantitative estimate of drug-likeness (QED) is 0.400. The maximum atomic E-state index is 13.1. The minimum absolute atomic E-state index is 0.259. The fraction of sp³-hybridized carbons (Fsp3) is 0.407. The van der Waals surface area contributed by atoms with Gasteiger partial charge >= 0.3 is 0 Å². The number of benzene rings is 2. The largest absolute Gasteiger partial charge is 0.368 e. The van der Waals surface area contributed by atoms with Gasteiger partial charge in [0.05, 0.1) is 15.6 Å². The molecule has 3 aromatic rings. The van der Waals surface area contributed by atoms with Crippen LogP contribution in [0.15, 0.2) is 42.6 Å². The zero-order valence-corrected chi connectivity index (χ0v) is 21.8.